The normalized spacial score (nSPS) is 13.2. The van der Waals surface area contributed by atoms with Crippen molar-refractivity contribution in [2.75, 3.05) is 7.11 Å². The predicted molar refractivity (Wildman–Crippen MR) is 92.8 cm³/mol. The summed E-state index contributed by atoms with van der Waals surface area (Å²) in [6.07, 6.45) is 13.1. The lowest BCUT2D eigenvalue weighted by Gasteiger charge is -2.08. The van der Waals surface area contributed by atoms with Gasteiger partial charge in [-0.1, -0.05) is 31.1 Å². The minimum atomic E-state index is -0.205. The van der Waals surface area contributed by atoms with E-state index in [4.69, 9.17) is 4.74 Å². The van der Waals surface area contributed by atoms with Gasteiger partial charge >= 0.3 is 0 Å². The summed E-state index contributed by atoms with van der Waals surface area (Å²) < 4.78 is 4.95. The first-order valence-electron chi connectivity index (χ1n) is 7.22. The van der Waals surface area contributed by atoms with Crippen molar-refractivity contribution < 1.29 is 9.53 Å². The number of nitrogens with one attached hydrogen (secondary N) is 1. The van der Waals surface area contributed by atoms with E-state index in [2.05, 4.69) is 17.2 Å². The molecule has 0 saturated heterocycles. The zero-order chi connectivity index (χ0) is 16.8. The number of hydrogen-bond acceptors (Lipinski definition) is 2. The number of amides is 1. The molecule has 0 fully saturated rings. The quantitative estimate of drug-likeness (QED) is 0.333. The molecule has 0 aliphatic carbocycles. The molecule has 0 atom stereocenters. The first-order valence-corrected chi connectivity index (χ1v) is 7.22. The van der Waals surface area contributed by atoms with Crippen LogP contribution in [0.2, 0.25) is 0 Å². The van der Waals surface area contributed by atoms with Crippen molar-refractivity contribution >= 4 is 5.91 Å². The molecule has 0 aliphatic heterocycles. The molecule has 118 valence electrons. The zero-order valence-electron chi connectivity index (χ0n) is 14.1. The second-order valence-corrected chi connectivity index (χ2v) is 4.42. The van der Waals surface area contributed by atoms with Crippen LogP contribution in [0.5, 0.6) is 0 Å². The van der Waals surface area contributed by atoms with Gasteiger partial charge in [0.25, 0.3) is 5.91 Å². The average molecular weight is 299 g/mol. The predicted octanol–water partition coefficient (Wildman–Crippen LogP) is 4.03. The lowest BCUT2D eigenvalue weighted by molar-refractivity contribution is -0.116. The first-order chi connectivity index (χ1) is 10.6. The second-order valence-electron chi connectivity index (χ2n) is 4.42. The third kappa shape index (κ3) is 8.65. The van der Waals surface area contributed by atoms with Crippen molar-refractivity contribution in [2.24, 2.45) is 0 Å². The van der Waals surface area contributed by atoms with Crippen LogP contribution in [0.25, 0.3) is 0 Å². The largest absolute Gasteiger partial charge is 0.504 e. The number of ether oxygens (including phenoxy) is 1. The van der Waals surface area contributed by atoms with Gasteiger partial charge in [0.05, 0.1) is 18.9 Å². The smallest absolute Gasteiger partial charge is 0.258 e. The summed E-state index contributed by atoms with van der Waals surface area (Å²) in [6, 6.07) is 0. The molecule has 0 heterocycles. The Morgan fingerprint density at radius 3 is 2.55 bits per heavy atom. The molecule has 3 nitrogen and oxygen atoms in total. The monoisotopic (exact) mass is 299 g/mol. The Morgan fingerprint density at radius 1 is 1.27 bits per heavy atom. The summed E-state index contributed by atoms with van der Waals surface area (Å²) in [4.78, 5) is 12.2. The summed E-state index contributed by atoms with van der Waals surface area (Å²) in [5, 5.41) is 2.88. The molecule has 0 aromatic rings. The molecule has 1 N–H and O–H groups in total. The average Bonchev–Trinajstić information content (AvgIpc) is 2.50. The molecule has 0 aliphatic rings. The van der Waals surface area contributed by atoms with Crippen molar-refractivity contribution in [3.8, 4) is 11.8 Å². The Kier molecular flexibility index (Phi) is 10.9. The summed E-state index contributed by atoms with van der Waals surface area (Å²) in [5.41, 5.74) is 2.22. The summed E-state index contributed by atoms with van der Waals surface area (Å²) in [7, 11) is 1.52. The van der Waals surface area contributed by atoms with Crippen LogP contribution in [-0.4, -0.2) is 13.0 Å². The third-order valence-corrected chi connectivity index (χ3v) is 2.60. The van der Waals surface area contributed by atoms with Gasteiger partial charge in [-0.3, -0.25) is 4.79 Å². The van der Waals surface area contributed by atoms with Gasteiger partial charge in [-0.05, 0) is 51.0 Å². The minimum absolute atomic E-state index is 0.205. The Balaban J connectivity index is 5.08. The Bertz CT molecular complexity index is 564. The molecule has 0 saturated carbocycles. The van der Waals surface area contributed by atoms with Crippen LogP contribution in [0.4, 0.5) is 0 Å². The fraction of sp³-hybridized carbons (Fsp3) is 0.316. The standard InChI is InChI=1S/C19H25NO2/c1-6-9-10-12-17(15-22-5)19(21)20-18(8-3)14-13-16(4)11-7-2/h6,9-10,12-15H,8H2,1-5H3,(H,20,21)/b9-6-,12-10-,16-13-,17-15-,18-14+. The Labute approximate surface area is 134 Å². The molecule has 0 bridgehead atoms. The molecular weight excluding hydrogens is 274 g/mol. The van der Waals surface area contributed by atoms with E-state index >= 15 is 0 Å². The highest BCUT2D eigenvalue weighted by Gasteiger charge is 2.07. The number of rotatable bonds is 7. The van der Waals surface area contributed by atoms with Crippen LogP contribution >= 0.6 is 0 Å². The summed E-state index contributed by atoms with van der Waals surface area (Å²) in [6.45, 7) is 7.62. The maximum absolute atomic E-state index is 12.2. The third-order valence-electron chi connectivity index (χ3n) is 2.60. The number of allylic oxidation sites excluding steroid dienone is 7. The van der Waals surface area contributed by atoms with Gasteiger partial charge in [0, 0.05) is 5.70 Å². The molecule has 0 rings (SSSR count). The van der Waals surface area contributed by atoms with Crippen LogP contribution in [0.15, 0.2) is 59.6 Å². The van der Waals surface area contributed by atoms with Crippen LogP contribution in [0.3, 0.4) is 0 Å². The van der Waals surface area contributed by atoms with Gasteiger partial charge in [0.1, 0.15) is 0 Å². The molecule has 0 aromatic heterocycles. The van der Waals surface area contributed by atoms with Crippen LogP contribution in [-0.2, 0) is 9.53 Å². The highest BCUT2D eigenvalue weighted by atomic mass is 16.5. The number of methoxy groups -OCH3 is 1. The van der Waals surface area contributed by atoms with Crippen LogP contribution in [0.1, 0.15) is 34.1 Å². The molecule has 0 radical (unpaired) electrons. The number of hydrogen-bond donors (Lipinski definition) is 1. The van der Waals surface area contributed by atoms with Crippen molar-refractivity contribution in [2.45, 2.75) is 34.1 Å². The van der Waals surface area contributed by atoms with E-state index in [1.807, 2.05) is 45.1 Å². The molecule has 22 heavy (non-hydrogen) atoms. The van der Waals surface area contributed by atoms with E-state index in [9.17, 15) is 4.79 Å². The van der Waals surface area contributed by atoms with Crippen molar-refractivity contribution in [3.05, 3.63) is 59.6 Å². The lowest BCUT2D eigenvalue weighted by atomic mass is 10.2. The maximum atomic E-state index is 12.2. The second kappa shape index (κ2) is 12.3. The van der Waals surface area contributed by atoms with E-state index in [-0.39, 0.29) is 5.91 Å². The van der Waals surface area contributed by atoms with Crippen LogP contribution in [0, 0.1) is 11.8 Å². The fourth-order valence-corrected chi connectivity index (χ4v) is 1.50. The van der Waals surface area contributed by atoms with Gasteiger partial charge in [0.2, 0.25) is 0 Å². The van der Waals surface area contributed by atoms with Gasteiger partial charge in [0.15, 0.2) is 0 Å². The Hall–Kier alpha value is -2.47. The van der Waals surface area contributed by atoms with Crippen molar-refractivity contribution in [3.63, 3.8) is 0 Å². The Morgan fingerprint density at radius 2 is 2.00 bits per heavy atom. The first kappa shape index (κ1) is 19.5. The number of carbonyl (C=O) groups excluding carboxylic acids is 1. The van der Waals surface area contributed by atoms with E-state index in [0.717, 1.165) is 11.3 Å². The molecular formula is C19H25NO2. The summed E-state index contributed by atoms with van der Waals surface area (Å²) >= 11 is 0. The lowest BCUT2D eigenvalue weighted by Crippen LogP contribution is -2.23. The molecule has 0 aromatic carbocycles. The van der Waals surface area contributed by atoms with Gasteiger partial charge < -0.3 is 10.1 Å². The van der Waals surface area contributed by atoms with E-state index < -0.39 is 0 Å². The highest BCUT2D eigenvalue weighted by Crippen LogP contribution is 2.04. The van der Waals surface area contributed by atoms with Crippen molar-refractivity contribution in [1.82, 2.24) is 5.32 Å². The van der Waals surface area contributed by atoms with Crippen molar-refractivity contribution in [1.29, 1.82) is 0 Å². The molecule has 0 spiro atoms. The van der Waals surface area contributed by atoms with Crippen LogP contribution < -0.4 is 5.32 Å². The minimum Gasteiger partial charge on any atom is -0.504 e. The van der Waals surface area contributed by atoms with Gasteiger partial charge in [-0.2, -0.15) is 0 Å². The molecule has 0 unspecified atom stereocenters. The number of carbonyl (C=O) groups is 1. The molecule has 1 amide bonds. The van der Waals surface area contributed by atoms with Gasteiger partial charge in [-0.25, -0.2) is 0 Å². The van der Waals surface area contributed by atoms with E-state index in [0.29, 0.717) is 12.0 Å². The topological polar surface area (TPSA) is 38.3 Å². The van der Waals surface area contributed by atoms with E-state index in [1.165, 1.54) is 13.4 Å². The van der Waals surface area contributed by atoms with E-state index in [1.54, 1.807) is 19.1 Å². The zero-order valence-corrected chi connectivity index (χ0v) is 14.1. The molecule has 3 heteroatoms. The summed E-state index contributed by atoms with van der Waals surface area (Å²) in [5.74, 6) is 5.59. The SMILES string of the molecule is CC#C/C(C)=C\C=C(/CC)NC(=O)C(/C=C\C=C/C)=C\OC. The van der Waals surface area contributed by atoms with Gasteiger partial charge in [-0.15, -0.1) is 5.92 Å². The maximum Gasteiger partial charge on any atom is 0.258 e. The highest BCUT2D eigenvalue weighted by molar-refractivity contribution is 5.97. The fourth-order valence-electron chi connectivity index (χ4n) is 1.50.